The standard InChI is InChI=1S/C11H9Br2F4NO/c12-3-4-18(6-11(15,16)17)10(19)8-2-1-7(13)5-9(8)14/h1-2,5H,3-4,6H2. The molecule has 0 fully saturated rings. The van der Waals surface area contributed by atoms with Crippen LogP contribution in [-0.2, 0) is 0 Å². The van der Waals surface area contributed by atoms with Crippen molar-refractivity contribution in [1.82, 2.24) is 4.90 Å². The second-order valence-corrected chi connectivity index (χ2v) is 5.36. The Kier molecular flexibility index (Phi) is 5.79. The summed E-state index contributed by atoms with van der Waals surface area (Å²) >= 11 is 5.98. The van der Waals surface area contributed by atoms with Gasteiger partial charge >= 0.3 is 6.18 Å². The first-order valence-electron chi connectivity index (χ1n) is 5.11. The topological polar surface area (TPSA) is 20.3 Å². The molecule has 8 heteroatoms. The summed E-state index contributed by atoms with van der Waals surface area (Å²) in [5.41, 5.74) is -0.381. The van der Waals surface area contributed by atoms with E-state index in [9.17, 15) is 22.4 Å². The van der Waals surface area contributed by atoms with Crippen LogP contribution in [0.3, 0.4) is 0 Å². The second-order valence-electron chi connectivity index (χ2n) is 3.66. The first kappa shape index (κ1) is 16.4. The van der Waals surface area contributed by atoms with E-state index in [1.165, 1.54) is 6.07 Å². The lowest BCUT2D eigenvalue weighted by molar-refractivity contribution is -0.140. The van der Waals surface area contributed by atoms with Crippen LogP contribution in [0.4, 0.5) is 17.6 Å². The van der Waals surface area contributed by atoms with Crippen molar-refractivity contribution < 1.29 is 22.4 Å². The second kappa shape index (κ2) is 6.69. The number of carbonyl (C=O) groups excluding carboxylic acids is 1. The first-order valence-corrected chi connectivity index (χ1v) is 7.03. The van der Waals surface area contributed by atoms with E-state index in [1.807, 2.05) is 0 Å². The van der Waals surface area contributed by atoms with Crippen LogP contribution in [-0.4, -0.2) is 35.4 Å². The maximum atomic E-state index is 13.6. The normalized spacial score (nSPS) is 11.5. The molecule has 0 bridgehead atoms. The number of benzene rings is 1. The average Bonchev–Trinajstić information content (AvgIpc) is 2.26. The molecular weight excluding hydrogens is 398 g/mol. The number of carbonyl (C=O) groups is 1. The molecule has 0 aliphatic carbocycles. The fraction of sp³-hybridized carbons (Fsp3) is 0.364. The van der Waals surface area contributed by atoms with Crippen molar-refractivity contribution in [3.8, 4) is 0 Å². The van der Waals surface area contributed by atoms with E-state index in [0.717, 1.165) is 12.1 Å². The van der Waals surface area contributed by atoms with Crippen molar-refractivity contribution in [2.75, 3.05) is 18.4 Å². The van der Waals surface area contributed by atoms with Crippen LogP contribution in [0.25, 0.3) is 0 Å². The zero-order valence-corrected chi connectivity index (χ0v) is 12.6. The van der Waals surface area contributed by atoms with Crippen LogP contribution in [0, 0.1) is 5.82 Å². The molecule has 0 saturated carbocycles. The predicted molar refractivity (Wildman–Crippen MR) is 69.9 cm³/mol. The molecule has 0 unspecified atom stereocenters. The fourth-order valence-electron chi connectivity index (χ4n) is 1.40. The summed E-state index contributed by atoms with van der Waals surface area (Å²) in [7, 11) is 0. The Labute approximate surface area is 124 Å². The highest BCUT2D eigenvalue weighted by molar-refractivity contribution is 9.10. The molecule has 0 aromatic heterocycles. The van der Waals surface area contributed by atoms with Gasteiger partial charge in [0.25, 0.3) is 5.91 Å². The van der Waals surface area contributed by atoms with Gasteiger partial charge in [-0.3, -0.25) is 4.79 Å². The van der Waals surface area contributed by atoms with Gasteiger partial charge < -0.3 is 4.90 Å². The fourth-order valence-corrected chi connectivity index (χ4v) is 2.17. The molecule has 0 aliphatic heterocycles. The number of hydrogen-bond donors (Lipinski definition) is 0. The zero-order chi connectivity index (χ0) is 14.6. The molecule has 19 heavy (non-hydrogen) atoms. The van der Waals surface area contributed by atoms with E-state index in [2.05, 4.69) is 31.9 Å². The number of amides is 1. The van der Waals surface area contributed by atoms with Crippen LogP contribution in [0.15, 0.2) is 22.7 Å². The Hall–Kier alpha value is -0.630. The molecular formula is C11H9Br2F4NO. The Morgan fingerprint density at radius 2 is 1.95 bits per heavy atom. The maximum absolute atomic E-state index is 13.6. The van der Waals surface area contributed by atoms with E-state index in [4.69, 9.17) is 0 Å². The molecule has 0 radical (unpaired) electrons. The third-order valence-electron chi connectivity index (χ3n) is 2.17. The Bertz CT molecular complexity index is 464. The van der Waals surface area contributed by atoms with Crippen molar-refractivity contribution >= 4 is 37.8 Å². The Morgan fingerprint density at radius 3 is 2.42 bits per heavy atom. The quantitative estimate of drug-likeness (QED) is 0.547. The number of alkyl halides is 4. The highest BCUT2D eigenvalue weighted by atomic mass is 79.9. The van der Waals surface area contributed by atoms with Crippen molar-refractivity contribution in [2.24, 2.45) is 0 Å². The molecule has 1 amide bonds. The molecule has 0 atom stereocenters. The number of rotatable bonds is 4. The van der Waals surface area contributed by atoms with Gasteiger partial charge in [-0.1, -0.05) is 31.9 Å². The summed E-state index contributed by atoms with van der Waals surface area (Å²) in [5, 5.41) is 0.174. The van der Waals surface area contributed by atoms with Gasteiger partial charge in [0.05, 0.1) is 5.56 Å². The SMILES string of the molecule is O=C(c1ccc(Br)cc1F)N(CCBr)CC(F)(F)F. The van der Waals surface area contributed by atoms with Gasteiger partial charge in [-0.05, 0) is 18.2 Å². The monoisotopic (exact) mass is 405 g/mol. The van der Waals surface area contributed by atoms with Crippen molar-refractivity contribution in [3.05, 3.63) is 34.1 Å². The van der Waals surface area contributed by atoms with Crippen LogP contribution in [0.2, 0.25) is 0 Å². The average molecular weight is 407 g/mol. The van der Waals surface area contributed by atoms with Crippen LogP contribution >= 0.6 is 31.9 Å². The highest BCUT2D eigenvalue weighted by Crippen LogP contribution is 2.21. The third kappa shape index (κ3) is 5.10. The molecule has 0 aliphatic rings. The molecule has 0 heterocycles. The van der Waals surface area contributed by atoms with Crippen molar-refractivity contribution in [3.63, 3.8) is 0 Å². The lowest BCUT2D eigenvalue weighted by Crippen LogP contribution is -2.40. The van der Waals surface area contributed by atoms with E-state index in [-0.39, 0.29) is 17.4 Å². The lowest BCUT2D eigenvalue weighted by atomic mass is 10.2. The number of nitrogens with zero attached hydrogens (tertiary/aromatic N) is 1. The number of hydrogen-bond acceptors (Lipinski definition) is 1. The highest BCUT2D eigenvalue weighted by Gasteiger charge is 2.33. The van der Waals surface area contributed by atoms with E-state index in [1.54, 1.807) is 0 Å². The third-order valence-corrected chi connectivity index (χ3v) is 3.02. The lowest BCUT2D eigenvalue weighted by Gasteiger charge is -2.23. The van der Waals surface area contributed by atoms with Gasteiger partial charge in [0, 0.05) is 16.3 Å². The van der Waals surface area contributed by atoms with Crippen LogP contribution in [0.1, 0.15) is 10.4 Å². The molecule has 1 aromatic rings. The number of halogens is 6. The summed E-state index contributed by atoms with van der Waals surface area (Å²) < 4.78 is 51.0. The smallest absolute Gasteiger partial charge is 0.329 e. The van der Waals surface area contributed by atoms with Gasteiger partial charge in [-0.15, -0.1) is 0 Å². The first-order chi connectivity index (χ1) is 8.74. The minimum Gasteiger partial charge on any atom is -0.329 e. The van der Waals surface area contributed by atoms with Gasteiger partial charge in [0.1, 0.15) is 12.4 Å². The predicted octanol–water partition coefficient (Wildman–Crippen LogP) is 3.99. The van der Waals surface area contributed by atoms with E-state index in [0.29, 0.717) is 9.37 Å². The summed E-state index contributed by atoms with van der Waals surface area (Å²) in [5.74, 6) is -1.84. The Balaban J connectivity index is 2.99. The van der Waals surface area contributed by atoms with Crippen molar-refractivity contribution in [1.29, 1.82) is 0 Å². The molecule has 2 nitrogen and oxygen atoms in total. The van der Waals surface area contributed by atoms with Gasteiger partial charge in [0.2, 0.25) is 0 Å². The molecule has 1 aromatic carbocycles. The molecule has 0 spiro atoms. The van der Waals surface area contributed by atoms with Gasteiger partial charge in [-0.25, -0.2) is 4.39 Å². The summed E-state index contributed by atoms with van der Waals surface area (Å²) in [6.07, 6.45) is -4.52. The van der Waals surface area contributed by atoms with Crippen LogP contribution in [0.5, 0.6) is 0 Å². The molecule has 106 valence electrons. The van der Waals surface area contributed by atoms with Crippen LogP contribution < -0.4 is 0 Å². The molecule has 1 rings (SSSR count). The van der Waals surface area contributed by atoms with Gasteiger partial charge in [0.15, 0.2) is 0 Å². The minimum absolute atomic E-state index is 0.159. The van der Waals surface area contributed by atoms with Gasteiger partial charge in [-0.2, -0.15) is 13.2 Å². The summed E-state index contributed by atoms with van der Waals surface area (Å²) in [4.78, 5) is 12.5. The minimum atomic E-state index is -4.52. The van der Waals surface area contributed by atoms with E-state index < -0.39 is 24.4 Å². The maximum Gasteiger partial charge on any atom is 0.406 e. The van der Waals surface area contributed by atoms with Crippen molar-refractivity contribution in [2.45, 2.75) is 6.18 Å². The molecule has 0 saturated heterocycles. The van der Waals surface area contributed by atoms with E-state index >= 15 is 0 Å². The Morgan fingerprint density at radius 1 is 1.32 bits per heavy atom. The zero-order valence-electron chi connectivity index (χ0n) is 9.48. The summed E-state index contributed by atoms with van der Waals surface area (Å²) in [6.45, 7) is -1.57. The molecule has 0 N–H and O–H groups in total. The summed E-state index contributed by atoms with van der Waals surface area (Å²) in [6, 6.07) is 3.59. The largest absolute Gasteiger partial charge is 0.406 e.